The van der Waals surface area contributed by atoms with Crippen LogP contribution in [-0.4, -0.2) is 4.57 Å². The maximum Gasteiger partial charge on any atom is 0.0541 e. The average molecular weight is 410 g/mol. The third kappa shape index (κ3) is 3.02. The van der Waals surface area contributed by atoms with Gasteiger partial charge < -0.3 is 4.57 Å². The number of hydrogen-bond donors (Lipinski definition) is 0. The van der Waals surface area contributed by atoms with Crippen molar-refractivity contribution < 1.29 is 0 Å². The van der Waals surface area contributed by atoms with Crippen LogP contribution in [0, 0.1) is 6.92 Å². The van der Waals surface area contributed by atoms with E-state index in [0.717, 1.165) is 0 Å². The second-order valence-electron chi connectivity index (χ2n) is 8.32. The summed E-state index contributed by atoms with van der Waals surface area (Å²) in [6, 6.07) is 43.6. The van der Waals surface area contributed by atoms with E-state index in [1.54, 1.807) is 0 Å². The van der Waals surface area contributed by atoms with Crippen molar-refractivity contribution in [2.24, 2.45) is 0 Å². The van der Waals surface area contributed by atoms with Gasteiger partial charge >= 0.3 is 0 Å². The minimum atomic E-state index is 1.18. The number of hydrogen-bond acceptors (Lipinski definition) is 0. The number of rotatable bonds is 3. The predicted molar refractivity (Wildman–Crippen MR) is 136 cm³/mol. The smallest absolute Gasteiger partial charge is 0.0541 e. The molecule has 1 heterocycles. The zero-order valence-electron chi connectivity index (χ0n) is 18.0. The molecule has 0 saturated heterocycles. The summed E-state index contributed by atoms with van der Waals surface area (Å²) in [5.74, 6) is 0. The van der Waals surface area contributed by atoms with Gasteiger partial charge in [0.1, 0.15) is 0 Å². The summed E-state index contributed by atoms with van der Waals surface area (Å²) in [7, 11) is 0. The van der Waals surface area contributed by atoms with Gasteiger partial charge in [0, 0.05) is 16.5 Å². The first kappa shape index (κ1) is 18.7. The average Bonchev–Trinajstić information content (AvgIpc) is 3.18. The first-order valence-corrected chi connectivity index (χ1v) is 11.0. The summed E-state index contributed by atoms with van der Waals surface area (Å²) < 4.78 is 2.38. The lowest BCUT2D eigenvalue weighted by atomic mass is 9.98. The lowest BCUT2D eigenvalue weighted by Crippen LogP contribution is -1.93. The number of aryl methyl sites for hydroxylation is 1. The summed E-state index contributed by atoms with van der Waals surface area (Å²) >= 11 is 0. The Hall–Kier alpha value is -4.10. The number of aromatic nitrogens is 1. The fraction of sp³-hybridized carbons (Fsp3) is 0.0323. The van der Waals surface area contributed by atoms with Crippen molar-refractivity contribution in [3.05, 3.63) is 127 Å². The van der Waals surface area contributed by atoms with Crippen LogP contribution in [0.2, 0.25) is 0 Å². The predicted octanol–water partition coefficient (Wildman–Crippen LogP) is 8.43. The van der Waals surface area contributed by atoms with Crippen molar-refractivity contribution >= 4 is 21.8 Å². The third-order valence-corrected chi connectivity index (χ3v) is 6.34. The van der Waals surface area contributed by atoms with Gasteiger partial charge in [-0.25, -0.2) is 0 Å². The second-order valence-corrected chi connectivity index (χ2v) is 8.32. The lowest BCUT2D eigenvalue weighted by Gasteiger charge is -2.09. The summed E-state index contributed by atoms with van der Waals surface area (Å²) in [5, 5.41) is 2.56. The molecule has 6 aromatic rings. The van der Waals surface area contributed by atoms with E-state index in [1.165, 1.54) is 55.3 Å². The van der Waals surface area contributed by atoms with Gasteiger partial charge in [0.2, 0.25) is 0 Å². The molecule has 152 valence electrons. The quantitative estimate of drug-likeness (QED) is 0.276. The van der Waals surface area contributed by atoms with E-state index in [1.807, 2.05) is 0 Å². The van der Waals surface area contributed by atoms with Crippen molar-refractivity contribution in [3.63, 3.8) is 0 Å². The number of nitrogens with zero attached hydrogens (tertiary/aromatic N) is 1. The monoisotopic (exact) mass is 409 g/mol. The van der Waals surface area contributed by atoms with Crippen molar-refractivity contribution in [2.45, 2.75) is 6.92 Å². The van der Waals surface area contributed by atoms with Crippen molar-refractivity contribution in [3.8, 4) is 27.9 Å². The zero-order valence-corrected chi connectivity index (χ0v) is 18.0. The molecule has 0 aliphatic heterocycles. The van der Waals surface area contributed by atoms with Crippen molar-refractivity contribution in [1.29, 1.82) is 0 Å². The first-order valence-electron chi connectivity index (χ1n) is 11.0. The second kappa shape index (κ2) is 7.55. The molecule has 0 N–H and O–H groups in total. The van der Waals surface area contributed by atoms with E-state index < -0.39 is 0 Å². The van der Waals surface area contributed by atoms with Crippen LogP contribution < -0.4 is 0 Å². The highest BCUT2D eigenvalue weighted by molar-refractivity contribution is 6.11. The molecular weight excluding hydrogens is 386 g/mol. The van der Waals surface area contributed by atoms with Crippen molar-refractivity contribution in [1.82, 2.24) is 4.57 Å². The molecule has 5 aromatic carbocycles. The number of benzene rings is 5. The molecule has 0 radical (unpaired) electrons. The van der Waals surface area contributed by atoms with Crippen LogP contribution in [0.4, 0.5) is 0 Å². The maximum atomic E-state index is 2.38. The fourth-order valence-electron chi connectivity index (χ4n) is 4.75. The normalized spacial score (nSPS) is 11.3. The number of fused-ring (bicyclic) bond motifs is 3. The number of para-hydroxylation sites is 1. The van der Waals surface area contributed by atoms with E-state index in [-0.39, 0.29) is 0 Å². The molecule has 6 rings (SSSR count). The molecule has 0 aliphatic carbocycles. The molecule has 0 unspecified atom stereocenters. The van der Waals surface area contributed by atoms with Crippen LogP contribution in [0.25, 0.3) is 49.7 Å². The van der Waals surface area contributed by atoms with Gasteiger partial charge in [-0.05, 0) is 71.1 Å². The Bertz CT molecular complexity index is 1560. The van der Waals surface area contributed by atoms with Gasteiger partial charge in [0.05, 0.1) is 11.0 Å². The van der Waals surface area contributed by atoms with Gasteiger partial charge in [-0.3, -0.25) is 0 Å². The first-order chi connectivity index (χ1) is 15.8. The van der Waals surface area contributed by atoms with Gasteiger partial charge in [-0.2, -0.15) is 0 Å². The molecule has 0 aliphatic rings. The SMILES string of the molecule is Cc1ccccc1-c1ccc2c(c1)c1cc(-c3ccccc3)ccc1n2-c1ccccc1. The molecule has 0 fully saturated rings. The lowest BCUT2D eigenvalue weighted by molar-refractivity contribution is 1.18. The molecule has 0 saturated carbocycles. The summed E-state index contributed by atoms with van der Waals surface area (Å²) in [5.41, 5.74) is 9.97. The molecule has 1 nitrogen and oxygen atoms in total. The zero-order chi connectivity index (χ0) is 21.5. The van der Waals surface area contributed by atoms with E-state index in [0.29, 0.717) is 0 Å². The minimum Gasteiger partial charge on any atom is -0.309 e. The Morgan fingerprint density at radius 3 is 1.72 bits per heavy atom. The largest absolute Gasteiger partial charge is 0.309 e. The van der Waals surface area contributed by atoms with Crippen LogP contribution in [0.1, 0.15) is 5.56 Å². The van der Waals surface area contributed by atoms with Crippen LogP contribution in [0.5, 0.6) is 0 Å². The molecular formula is C31H23N. The van der Waals surface area contributed by atoms with E-state index >= 15 is 0 Å². The molecule has 0 spiro atoms. The molecule has 32 heavy (non-hydrogen) atoms. The highest BCUT2D eigenvalue weighted by Gasteiger charge is 2.14. The Labute approximate surface area is 188 Å². The van der Waals surface area contributed by atoms with Crippen molar-refractivity contribution in [2.75, 3.05) is 0 Å². The molecule has 0 amide bonds. The standard InChI is InChI=1S/C31H23N/c1-22-10-8-9-15-27(22)25-17-19-31-29(21-25)28-20-24(23-11-4-2-5-12-23)16-18-30(28)32(31)26-13-6-3-7-14-26/h2-21H,1H3. The van der Waals surface area contributed by atoms with Crippen LogP contribution in [0.3, 0.4) is 0 Å². The maximum absolute atomic E-state index is 2.38. The Morgan fingerprint density at radius 1 is 0.469 bits per heavy atom. The molecule has 0 atom stereocenters. The Morgan fingerprint density at radius 2 is 1.03 bits per heavy atom. The van der Waals surface area contributed by atoms with Gasteiger partial charge in [-0.15, -0.1) is 0 Å². The van der Waals surface area contributed by atoms with E-state index in [2.05, 4.69) is 133 Å². The van der Waals surface area contributed by atoms with Crippen LogP contribution in [-0.2, 0) is 0 Å². The highest BCUT2D eigenvalue weighted by Crippen LogP contribution is 2.37. The summed E-state index contributed by atoms with van der Waals surface area (Å²) in [6.07, 6.45) is 0. The minimum absolute atomic E-state index is 1.18. The highest BCUT2D eigenvalue weighted by atomic mass is 15.0. The van der Waals surface area contributed by atoms with Crippen LogP contribution >= 0.6 is 0 Å². The van der Waals surface area contributed by atoms with Gasteiger partial charge in [-0.1, -0.05) is 84.9 Å². The van der Waals surface area contributed by atoms with E-state index in [4.69, 9.17) is 0 Å². The Kier molecular flexibility index (Phi) is 4.40. The fourth-order valence-corrected chi connectivity index (χ4v) is 4.75. The van der Waals surface area contributed by atoms with Crippen LogP contribution in [0.15, 0.2) is 121 Å². The van der Waals surface area contributed by atoms with Gasteiger partial charge in [0.25, 0.3) is 0 Å². The molecule has 0 bridgehead atoms. The molecule has 1 aromatic heterocycles. The topological polar surface area (TPSA) is 4.93 Å². The summed E-state index contributed by atoms with van der Waals surface area (Å²) in [6.45, 7) is 2.18. The Balaban J connectivity index is 1.68. The third-order valence-electron chi connectivity index (χ3n) is 6.34. The van der Waals surface area contributed by atoms with Gasteiger partial charge in [0.15, 0.2) is 0 Å². The summed E-state index contributed by atoms with van der Waals surface area (Å²) in [4.78, 5) is 0. The van der Waals surface area contributed by atoms with E-state index in [9.17, 15) is 0 Å². The molecule has 1 heteroatoms.